The number of carbonyl (C=O) groups is 1. The highest BCUT2D eigenvalue weighted by Crippen LogP contribution is 2.29. The molecule has 6 nitrogen and oxygen atoms in total. The van der Waals surface area contributed by atoms with Crippen LogP contribution in [0.25, 0.3) is 21.1 Å². The lowest BCUT2D eigenvalue weighted by Gasteiger charge is -1.98. The Hall–Kier alpha value is -2.62. The zero-order valence-electron chi connectivity index (χ0n) is 13.2. The molecule has 4 aromatic rings. The number of nitrogens with one attached hydrogen (secondary N) is 1. The summed E-state index contributed by atoms with van der Waals surface area (Å²) in [4.78, 5) is 16.7. The van der Waals surface area contributed by atoms with Crippen LogP contribution in [0.2, 0.25) is 0 Å². The first kappa shape index (κ1) is 16.8. The number of anilines is 1. The fourth-order valence-corrected chi connectivity index (χ4v) is 4.55. The maximum absolute atomic E-state index is 12.2. The molecule has 3 heterocycles. The number of hydrogen-bond donors (Lipinski definition) is 2. The summed E-state index contributed by atoms with van der Waals surface area (Å²) in [6.45, 7) is 0. The Morgan fingerprint density at radius 3 is 2.85 bits per heavy atom. The Labute approximate surface area is 160 Å². The second-order valence-corrected chi connectivity index (χ2v) is 7.96. The van der Waals surface area contributed by atoms with Gasteiger partial charge in [-0.15, -0.1) is 21.5 Å². The standard InChI is InChI=1S/C17H12N4O2S3/c22-13-3-1-2-10(6-13)16-20-21-17(26-16)19-14(23)7-12-9-25-15(18-12)11-4-5-24-8-11/h1-6,8-9,22H,7H2,(H,19,21,23). The minimum absolute atomic E-state index is 0.160. The summed E-state index contributed by atoms with van der Waals surface area (Å²) in [5.41, 5.74) is 2.56. The highest BCUT2D eigenvalue weighted by Gasteiger charge is 2.13. The van der Waals surface area contributed by atoms with E-state index in [-0.39, 0.29) is 18.1 Å². The van der Waals surface area contributed by atoms with Gasteiger partial charge in [0.25, 0.3) is 0 Å². The predicted octanol–water partition coefficient (Wildman–Crippen LogP) is 4.28. The summed E-state index contributed by atoms with van der Waals surface area (Å²) < 4.78 is 0. The summed E-state index contributed by atoms with van der Waals surface area (Å²) in [6, 6.07) is 8.76. The van der Waals surface area contributed by atoms with E-state index < -0.39 is 0 Å². The molecule has 0 fully saturated rings. The Balaban J connectivity index is 1.41. The lowest BCUT2D eigenvalue weighted by atomic mass is 10.2. The number of thiazole rings is 1. The second-order valence-electron chi connectivity index (χ2n) is 5.34. The van der Waals surface area contributed by atoms with Crippen molar-refractivity contribution in [1.82, 2.24) is 15.2 Å². The third-order valence-corrected chi connectivity index (χ3v) is 5.94. The van der Waals surface area contributed by atoms with Crippen LogP contribution in [0.15, 0.2) is 46.5 Å². The molecule has 2 N–H and O–H groups in total. The second kappa shape index (κ2) is 7.32. The first-order chi connectivity index (χ1) is 12.7. The van der Waals surface area contributed by atoms with Gasteiger partial charge in [0.2, 0.25) is 11.0 Å². The molecule has 0 spiro atoms. The van der Waals surface area contributed by atoms with Gasteiger partial charge in [0.1, 0.15) is 15.8 Å². The minimum atomic E-state index is -0.189. The molecule has 1 aromatic carbocycles. The van der Waals surface area contributed by atoms with Crippen LogP contribution in [0.5, 0.6) is 5.75 Å². The monoisotopic (exact) mass is 400 g/mol. The molecular weight excluding hydrogens is 388 g/mol. The number of benzene rings is 1. The van der Waals surface area contributed by atoms with E-state index in [0.29, 0.717) is 10.1 Å². The molecule has 0 unspecified atom stereocenters. The van der Waals surface area contributed by atoms with Crippen LogP contribution in [0, 0.1) is 0 Å². The van der Waals surface area contributed by atoms with Crippen molar-refractivity contribution in [2.75, 3.05) is 5.32 Å². The zero-order valence-corrected chi connectivity index (χ0v) is 15.7. The summed E-state index contributed by atoms with van der Waals surface area (Å²) in [5.74, 6) is -0.0287. The number of aromatic hydroxyl groups is 1. The third-order valence-electron chi connectivity index (χ3n) is 3.43. The summed E-state index contributed by atoms with van der Waals surface area (Å²) in [5, 5.41) is 28.2. The number of carbonyl (C=O) groups excluding carboxylic acids is 1. The highest BCUT2D eigenvalue weighted by atomic mass is 32.1. The van der Waals surface area contributed by atoms with Crippen molar-refractivity contribution in [3.05, 3.63) is 52.2 Å². The van der Waals surface area contributed by atoms with Gasteiger partial charge in [-0.05, 0) is 23.6 Å². The lowest BCUT2D eigenvalue weighted by Crippen LogP contribution is -2.14. The van der Waals surface area contributed by atoms with Crippen LogP contribution in [0.1, 0.15) is 5.69 Å². The molecule has 0 aliphatic heterocycles. The van der Waals surface area contributed by atoms with Gasteiger partial charge < -0.3 is 10.4 Å². The van der Waals surface area contributed by atoms with Crippen molar-refractivity contribution < 1.29 is 9.90 Å². The molecule has 3 aromatic heterocycles. The number of amides is 1. The number of phenols is 1. The van der Waals surface area contributed by atoms with Gasteiger partial charge in [-0.2, -0.15) is 11.3 Å². The van der Waals surface area contributed by atoms with E-state index in [4.69, 9.17) is 0 Å². The topological polar surface area (TPSA) is 88.0 Å². The summed E-state index contributed by atoms with van der Waals surface area (Å²) in [7, 11) is 0. The molecule has 0 radical (unpaired) electrons. The Kier molecular flexibility index (Phi) is 4.74. The quantitative estimate of drug-likeness (QED) is 0.522. The summed E-state index contributed by atoms with van der Waals surface area (Å²) in [6.07, 6.45) is 0.182. The van der Waals surface area contributed by atoms with Crippen molar-refractivity contribution >= 4 is 45.0 Å². The minimum Gasteiger partial charge on any atom is -0.508 e. The van der Waals surface area contributed by atoms with Gasteiger partial charge >= 0.3 is 0 Å². The van der Waals surface area contributed by atoms with Crippen LogP contribution in [-0.4, -0.2) is 26.2 Å². The molecule has 0 bridgehead atoms. The van der Waals surface area contributed by atoms with Crippen molar-refractivity contribution in [3.8, 4) is 26.9 Å². The van der Waals surface area contributed by atoms with E-state index in [2.05, 4.69) is 20.5 Å². The van der Waals surface area contributed by atoms with E-state index in [1.807, 2.05) is 28.3 Å². The van der Waals surface area contributed by atoms with Gasteiger partial charge in [0.15, 0.2) is 0 Å². The molecule has 0 aliphatic rings. The maximum Gasteiger partial charge on any atom is 0.232 e. The maximum atomic E-state index is 12.2. The van der Waals surface area contributed by atoms with Crippen molar-refractivity contribution in [2.24, 2.45) is 0 Å². The van der Waals surface area contributed by atoms with Crippen LogP contribution in [-0.2, 0) is 11.2 Å². The van der Waals surface area contributed by atoms with Crippen LogP contribution < -0.4 is 5.32 Å². The van der Waals surface area contributed by atoms with Crippen LogP contribution in [0.4, 0.5) is 5.13 Å². The van der Waals surface area contributed by atoms with Crippen molar-refractivity contribution in [1.29, 1.82) is 0 Å². The molecule has 0 aliphatic carbocycles. The normalized spacial score (nSPS) is 10.8. The number of rotatable bonds is 5. The zero-order chi connectivity index (χ0) is 17.9. The number of phenolic OH excluding ortho intramolecular Hbond substituents is 1. The van der Waals surface area contributed by atoms with Gasteiger partial charge in [-0.3, -0.25) is 4.79 Å². The predicted molar refractivity (Wildman–Crippen MR) is 105 cm³/mol. The highest BCUT2D eigenvalue weighted by molar-refractivity contribution is 7.18. The average molecular weight is 401 g/mol. The molecule has 26 heavy (non-hydrogen) atoms. The third kappa shape index (κ3) is 3.79. The Morgan fingerprint density at radius 2 is 2.04 bits per heavy atom. The summed E-state index contributed by atoms with van der Waals surface area (Å²) >= 11 is 4.40. The number of hydrogen-bond acceptors (Lipinski definition) is 8. The number of aromatic nitrogens is 3. The van der Waals surface area contributed by atoms with Crippen molar-refractivity contribution in [2.45, 2.75) is 6.42 Å². The van der Waals surface area contributed by atoms with Crippen LogP contribution in [0.3, 0.4) is 0 Å². The smallest absolute Gasteiger partial charge is 0.232 e. The van der Waals surface area contributed by atoms with Gasteiger partial charge in [-0.25, -0.2) is 4.98 Å². The van der Waals surface area contributed by atoms with E-state index >= 15 is 0 Å². The van der Waals surface area contributed by atoms with E-state index in [1.54, 1.807) is 29.5 Å². The molecule has 0 saturated carbocycles. The molecule has 4 rings (SSSR count). The molecule has 9 heteroatoms. The lowest BCUT2D eigenvalue weighted by molar-refractivity contribution is -0.115. The number of nitrogens with zero attached hydrogens (tertiary/aromatic N) is 3. The number of thiophene rings is 1. The fourth-order valence-electron chi connectivity index (χ4n) is 2.26. The van der Waals surface area contributed by atoms with Gasteiger partial charge in [-0.1, -0.05) is 23.5 Å². The first-order valence-corrected chi connectivity index (χ1v) is 10.2. The van der Waals surface area contributed by atoms with Crippen molar-refractivity contribution in [3.63, 3.8) is 0 Å². The van der Waals surface area contributed by atoms with Gasteiger partial charge in [0, 0.05) is 21.9 Å². The molecule has 0 atom stereocenters. The van der Waals surface area contributed by atoms with E-state index in [0.717, 1.165) is 21.8 Å². The molecule has 130 valence electrons. The average Bonchev–Trinajstić information content (AvgIpc) is 3.36. The van der Waals surface area contributed by atoms with E-state index in [1.165, 1.54) is 22.7 Å². The fraction of sp³-hybridized carbons (Fsp3) is 0.0588. The molecule has 0 saturated heterocycles. The van der Waals surface area contributed by atoms with E-state index in [9.17, 15) is 9.90 Å². The SMILES string of the molecule is O=C(Cc1csc(-c2ccsc2)n1)Nc1nnc(-c2cccc(O)c2)s1. The Morgan fingerprint density at radius 1 is 1.12 bits per heavy atom. The van der Waals surface area contributed by atoms with Crippen LogP contribution >= 0.6 is 34.0 Å². The molecule has 1 amide bonds. The largest absolute Gasteiger partial charge is 0.508 e. The molecular formula is C17H12N4O2S3. The Bertz CT molecular complexity index is 1040. The van der Waals surface area contributed by atoms with Gasteiger partial charge in [0.05, 0.1) is 12.1 Å². The first-order valence-electron chi connectivity index (χ1n) is 7.57.